The zero-order valence-electron chi connectivity index (χ0n) is 20.6. The summed E-state index contributed by atoms with van der Waals surface area (Å²) in [4.78, 5) is 22.1. The summed E-state index contributed by atoms with van der Waals surface area (Å²) in [5.41, 5.74) is 1.19. The van der Waals surface area contributed by atoms with Crippen LogP contribution in [0.3, 0.4) is 0 Å². The average molecular weight is 517 g/mol. The highest BCUT2D eigenvalue weighted by Gasteiger charge is 2.31. The first kappa shape index (κ1) is 25.6. The summed E-state index contributed by atoms with van der Waals surface area (Å²) in [5.74, 6) is 0.494. The topological polar surface area (TPSA) is 83.0 Å². The summed E-state index contributed by atoms with van der Waals surface area (Å²) in [6.45, 7) is 3.59. The molecule has 0 unspecified atom stereocenters. The van der Waals surface area contributed by atoms with Crippen molar-refractivity contribution in [1.82, 2.24) is 14.2 Å². The number of fused-ring (bicyclic) bond motifs is 1. The van der Waals surface area contributed by atoms with Gasteiger partial charge in [0, 0.05) is 37.3 Å². The van der Waals surface area contributed by atoms with E-state index in [4.69, 9.17) is 9.72 Å². The first-order chi connectivity index (χ1) is 16.7. The van der Waals surface area contributed by atoms with E-state index >= 15 is 0 Å². The van der Waals surface area contributed by atoms with Gasteiger partial charge in [0.1, 0.15) is 5.75 Å². The lowest BCUT2D eigenvalue weighted by molar-refractivity contribution is 0.0985. The van der Waals surface area contributed by atoms with Gasteiger partial charge in [-0.3, -0.25) is 9.69 Å². The monoisotopic (exact) mass is 516 g/mol. The average Bonchev–Trinajstić information content (AvgIpc) is 3.27. The fourth-order valence-corrected chi connectivity index (χ4v) is 6.88. The molecule has 0 bridgehead atoms. The van der Waals surface area contributed by atoms with Gasteiger partial charge in [-0.05, 0) is 70.3 Å². The van der Waals surface area contributed by atoms with E-state index in [-0.39, 0.29) is 16.8 Å². The molecule has 188 valence electrons. The van der Waals surface area contributed by atoms with Crippen LogP contribution in [0.4, 0.5) is 5.13 Å². The lowest BCUT2D eigenvalue weighted by Gasteiger charge is -2.32. The molecule has 8 nitrogen and oxygen atoms in total. The Hall–Kier alpha value is -2.53. The summed E-state index contributed by atoms with van der Waals surface area (Å²) in [5, 5.41) is 0.596. The second-order valence-electron chi connectivity index (χ2n) is 9.08. The number of rotatable bonds is 8. The van der Waals surface area contributed by atoms with Crippen molar-refractivity contribution in [3.8, 4) is 5.75 Å². The molecule has 0 radical (unpaired) electrons. The van der Waals surface area contributed by atoms with E-state index < -0.39 is 10.0 Å². The second kappa shape index (κ2) is 10.6. The Kier molecular flexibility index (Phi) is 7.75. The van der Waals surface area contributed by atoms with E-state index in [1.165, 1.54) is 23.5 Å². The summed E-state index contributed by atoms with van der Waals surface area (Å²) in [7, 11) is 1.92. The van der Waals surface area contributed by atoms with E-state index in [0.717, 1.165) is 29.5 Å². The van der Waals surface area contributed by atoms with Crippen LogP contribution in [0.1, 0.15) is 36.5 Å². The van der Waals surface area contributed by atoms with Crippen LogP contribution in [0.25, 0.3) is 10.2 Å². The maximum atomic E-state index is 13.6. The highest BCUT2D eigenvalue weighted by Crippen LogP contribution is 2.32. The van der Waals surface area contributed by atoms with Gasteiger partial charge in [-0.1, -0.05) is 17.8 Å². The number of amides is 1. The predicted molar refractivity (Wildman–Crippen MR) is 140 cm³/mol. The van der Waals surface area contributed by atoms with Crippen LogP contribution in [-0.4, -0.2) is 75.4 Å². The van der Waals surface area contributed by atoms with Gasteiger partial charge < -0.3 is 9.64 Å². The molecule has 1 aliphatic heterocycles. The molecule has 3 aromatic rings. The van der Waals surface area contributed by atoms with Gasteiger partial charge in [0.2, 0.25) is 10.0 Å². The number of likely N-dealkylation sites (N-methyl/N-ethyl adjacent to an activating group) is 1. The number of hydrogen-bond donors (Lipinski definition) is 0. The smallest absolute Gasteiger partial charge is 0.260 e. The molecule has 1 saturated heterocycles. The zero-order chi connectivity index (χ0) is 25.2. The Balaban J connectivity index is 1.62. The highest BCUT2D eigenvalue weighted by molar-refractivity contribution is 7.89. The number of aromatic nitrogens is 1. The van der Waals surface area contributed by atoms with Gasteiger partial charge in [-0.25, -0.2) is 13.4 Å². The van der Waals surface area contributed by atoms with Crippen LogP contribution in [-0.2, 0) is 10.0 Å². The molecule has 2 heterocycles. The first-order valence-corrected chi connectivity index (χ1v) is 14.0. The van der Waals surface area contributed by atoms with Crippen LogP contribution in [0.2, 0.25) is 0 Å². The molecule has 0 aliphatic carbocycles. The quantitative estimate of drug-likeness (QED) is 0.449. The molecule has 1 atom stereocenters. The SMILES string of the molecule is COc1ccc2sc(N(CCN(C)C)C(=O)c3ccc(S(=O)(=O)N4CCCC[C@H]4C)cc3)nc2c1. The van der Waals surface area contributed by atoms with Crippen molar-refractivity contribution < 1.29 is 17.9 Å². The predicted octanol–water partition coefficient (Wildman–Crippen LogP) is 4.08. The maximum Gasteiger partial charge on any atom is 0.260 e. The fourth-order valence-electron chi connectivity index (χ4n) is 4.21. The molecule has 1 amide bonds. The maximum absolute atomic E-state index is 13.6. The number of ether oxygens (including phenoxy) is 1. The van der Waals surface area contributed by atoms with E-state index in [1.807, 2.05) is 44.1 Å². The number of piperidine rings is 1. The third kappa shape index (κ3) is 5.50. The molecule has 0 spiro atoms. The number of methoxy groups -OCH3 is 1. The van der Waals surface area contributed by atoms with Gasteiger partial charge in [-0.2, -0.15) is 4.31 Å². The molecule has 1 aliphatic rings. The lowest BCUT2D eigenvalue weighted by atomic mass is 10.1. The zero-order valence-corrected chi connectivity index (χ0v) is 22.2. The fraction of sp³-hybridized carbons (Fsp3) is 0.440. The number of carbonyl (C=O) groups is 1. The Morgan fingerprint density at radius 2 is 1.89 bits per heavy atom. The van der Waals surface area contributed by atoms with Crippen molar-refractivity contribution >= 4 is 42.6 Å². The van der Waals surface area contributed by atoms with Gasteiger partial charge in [-0.15, -0.1) is 0 Å². The van der Waals surface area contributed by atoms with Gasteiger partial charge in [0.15, 0.2) is 5.13 Å². The van der Waals surface area contributed by atoms with E-state index in [9.17, 15) is 13.2 Å². The third-order valence-corrected chi connectivity index (χ3v) is 9.37. The highest BCUT2D eigenvalue weighted by atomic mass is 32.2. The van der Waals surface area contributed by atoms with Crippen LogP contribution < -0.4 is 9.64 Å². The summed E-state index contributed by atoms with van der Waals surface area (Å²) in [6, 6.07) is 11.9. The summed E-state index contributed by atoms with van der Waals surface area (Å²) in [6.07, 6.45) is 2.78. The van der Waals surface area contributed by atoms with E-state index in [2.05, 4.69) is 0 Å². The number of anilines is 1. The number of hydrogen-bond acceptors (Lipinski definition) is 7. The van der Waals surface area contributed by atoms with Crippen LogP contribution in [0.15, 0.2) is 47.4 Å². The molecule has 2 aromatic carbocycles. The molecule has 4 rings (SSSR count). The number of benzene rings is 2. The van der Waals surface area contributed by atoms with Gasteiger partial charge >= 0.3 is 0 Å². The van der Waals surface area contributed by atoms with Gasteiger partial charge in [0.25, 0.3) is 5.91 Å². The molecular weight excluding hydrogens is 484 g/mol. The Bertz CT molecular complexity index is 1290. The standard InChI is InChI=1S/C25H32N4O4S2/c1-18-7-5-6-14-29(18)35(31,32)21-11-8-19(9-12-21)24(30)28(16-15-27(2)3)25-26-22-17-20(33-4)10-13-23(22)34-25/h8-13,17-18H,5-7,14-16H2,1-4H3/t18-/m1/s1. The molecule has 1 aromatic heterocycles. The Morgan fingerprint density at radius 1 is 1.14 bits per heavy atom. The van der Waals surface area contributed by atoms with Crippen molar-refractivity contribution in [2.45, 2.75) is 37.1 Å². The molecular formula is C25H32N4O4S2. The first-order valence-electron chi connectivity index (χ1n) is 11.7. The van der Waals surface area contributed by atoms with Crippen LogP contribution in [0, 0.1) is 0 Å². The number of thiazole rings is 1. The number of sulfonamides is 1. The molecule has 35 heavy (non-hydrogen) atoms. The molecule has 0 saturated carbocycles. The molecule has 10 heteroatoms. The minimum absolute atomic E-state index is 0.0192. The number of nitrogens with zero attached hydrogens (tertiary/aromatic N) is 4. The van der Waals surface area contributed by atoms with Crippen molar-refractivity contribution in [2.24, 2.45) is 0 Å². The van der Waals surface area contributed by atoms with Crippen molar-refractivity contribution in [3.63, 3.8) is 0 Å². The Morgan fingerprint density at radius 3 is 2.54 bits per heavy atom. The summed E-state index contributed by atoms with van der Waals surface area (Å²) >= 11 is 1.44. The van der Waals surface area contributed by atoms with Crippen molar-refractivity contribution in [2.75, 3.05) is 45.7 Å². The summed E-state index contributed by atoms with van der Waals surface area (Å²) < 4.78 is 34.2. The van der Waals surface area contributed by atoms with Crippen LogP contribution >= 0.6 is 11.3 Å². The third-order valence-electron chi connectivity index (χ3n) is 6.28. The van der Waals surface area contributed by atoms with E-state index in [1.54, 1.807) is 28.4 Å². The van der Waals surface area contributed by atoms with Crippen molar-refractivity contribution in [3.05, 3.63) is 48.0 Å². The molecule has 0 N–H and O–H groups in total. The minimum Gasteiger partial charge on any atom is -0.497 e. The normalized spacial score (nSPS) is 17.1. The number of carbonyl (C=O) groups excluding carboxylic acids is 1. The van der Waals surface area contributed by atoms with E-state index in [0.29, 0.717) is 36.1 Å². The van der Waals surface area contributed by atoms with Crippen molar-refractivity contribution in [1.29, 1.82) is 0 Å². The Labute approximate surface area is 211 Å². The minimum atomic E-state index is -3.59. The second-order valence-corrected chi connectivity index (χ2v) is 12.0. The van der Waals surface area contributed by atoms with Gasteiger partial charge in [0.05, 0.1) is 22.2 Å². The molecule has 1 fully saturated rings. The lowest BCUT2D eigenvalue weighted by Crippen LogP contribution is -2.41. The van der Waals surface area contributed by atoms with Crippen LogP contribution in [0.5, 0.6) is 5.75 Å². The largest absolute Gasteiger partial charge is 0.497 e.